The fourth-order valence-electron chi connectivity index (χ4n) is 2.37. The standard InChI is InChI=1S/C17H13Cl2N3O4S2/c18-12-8-16(19)17(21-10-12)11-4-6-14(7-5-11)28(25,26)22-13-2-1-3-15(9-13)27(20,23)24/h1-10,22H,(H2,20,23,24). The molecule has 0 saturated carbocycles. The van der Waals surface area contributed by atoms with Crippen molar-refractivity contribution in [1.82, 2.24) is 4.98 Å². The SMILES string of the molecule is NS(=O)(=O)c1cccc(NS(=O)(=O)c2ccc(-c3ncc(Cl)cc3Cl)cc2)c1. The van der Waals surface area contributed by atoms with Crippen molar-refractivity contribution in [1.29, 1.82) is 0 Å². The molecule has 0 aliphatic rings. The number of rotatable bonds is 5. The molecule has 7 nitrogen and oxygen atoms in total. The van der Waals surface area contributed by atoms with E-state index in [1.165, 1.54) is 42.6 Å². The number of pyridine rings is 1. The minimum atomic E-state index is -3.95. The van der Waals surface area contributed by atoms with E-state index in [2.05, 4.69) is 9.71 Å². The van der Waals surface area contributed by atoms with Crippen LogP contribution in [0, 0.1) is 0 Å². The van der Waals surface area contributed by atoms with Crippen LogP contribution in [0.3, 0.4) is 0 Å². The van der Waals surface area contributed by atoms with E-state index in [-0.39, 0.29) is 15.5 Å². The summed E-state index contributed by atoms with van der Waals surface area (Å²) >= 11 is 11.9. The quantitative estimate of drug-likeness (QED) is 0.607. The lowest BCUT2D eigenvalue weighted by atomic mass is 10.1. The van der Waals surface area contributed by atoms with Crippen LogP contribution in [-0.2, 0) is 20.0 Å². The molecule has 0 aliphatic heterocycles. The van der Waals surface area contributed by atoms with Gasteiger partial charge in [0.2, 0.25) is 10.0 Å². The molecule has 0 bridgehead atoms. The van der Waals surface area contributed by atoms with E-state index in [0.717, 1.165) is 6.07 Å². The van der Waals surface area contributed by atoms with Gasteiger partial charge in [0.1, 0.15) is 0 Å². The minimum absolute atomic E-state index is 0.0256. The summed E-state index contributed by atoms with van der Waals surface area (Å²) in [5, 5.41) is 5.79. The minimum Gasteiger partial charge on any atom is -0.280 e. The summed E-state index contributed by atoms with van der Waals surface area (Å²) < 4.78 is 50.3. The molecule has 0 fully saturated rings. The van der Waals surface area contributed by atoms with E-state index < -0.39 is 20.0 Å². The first kappa shape index (κ1) is 20.6. The van der Waals surface area contributed by atoms with Crippen molar-refractivity contribution in [2.75, 3.05) is 4.72 Å². The van der Waals surface area contributed by atoms with Crippen LogP contribution in [0.1, 0.15) is 0 Å². The predicted octanol–water partition coefficient (Wildman–Crippen LogP) is 3.50. The van der Waals surface area contributed by atoms with Crippen LogP contribution < -0.4 is 9.86 Å². The molecule has 1 aromatic heterocycles. The lowest BCUT2D eigenvalue weighted by Crippen LogP contribution is -2.15. The molecule has 0 spiro atoms. The molecule has 28 heavy (non-hydrogen) atoms. The maximum atomic E-state index is 12.6. The molecule has 0 amide bonds. The normalized spacial score (nSPS) is 12.0. The molecule has 0 unspecified atom stereocenters. The van der Waals surface area contributed by atoms with E-state index in [4.69, 9.17) is 28.3 Å². The Morgan fingerprint density at radius 3 is 2.18 bits per heavy atom. The Morgan fingerprint density at radius 2 is 1.57 bits per heavy atom. The van der Waals surface area contributed by atoms with E-state index in [1.54, 1.807) is 12.1 Å². The number of halogens is 2. The number of primary sulfonamides is 1. The van der Waals surface area contributed by atoms with Gasteiger partial charge >= 0.3 is 0 Å². The van der Waals surface area contributed by atoms with Gasteiger partial charge in [-0.25, -0.2) is 22.0 Å². The summed E-state index contributed by atoms with van der Waals surface area (Å²) in [6.45, 7) is 0. The smallest absolute Gasteiger partial charge is 0.261 e. The molecule has 2 aromatic carbocycles. The predicted molar refractivity (Wildman–Crippen MR) is 108 cm³/mol. The highest BCUT2D eigenvalue weighted by Gasteiger charge is 2.16. The van der Waals surface area contributed by atoms with Crippen molar-refractivity contribution >= 4 is 48.9 Å². The third-order valence-electron chi connectivity index (χ3n) is 3.66. The summed E-state index contributed by atoms with van der Waals surface area (Å²) in [5.74, 6) is 0. The first-order valence-corrected chi connectivity index (χ1v) is 11.4. The number of benzene rings is 2. The van der Waals surface area contributed by atoms with Crippen molar-refractivity contribution < 1.29 is 16.8 Å². The van der Waals surface area contributed by atoms with Gasteiger partial charge in [0.25, 0.3) is 10.0 Å². The third kappa shape index (κ3) is 4.62. The average molecular weight is 458 g/mol. The molecular formula is C17H13Cl2N3O4S2. The number of hydrogen-bond acceptors (Lipinski definition) is 5. The maximum absolute atomic E-state index is 12.6. The molecule has 0 atom stereocenters. The lowest BCUT2D eigenvalue weighted by molar-refractivity contribution is 0.596. The van der Waals surface area contributed by atoms with E-state index >= 15 is 0 Å². The van der Waals surface area contributed by atoms with Crippen LogP contribution in [0.25, 0.3) is 11.3 Å². The largest absolute Gasteiger partial charge is 0.280 e. The molecule has 0 aliphatic carbocycles. The van der Waals surface area contributed by atoms with Crippen molar-refractivity contribution in [2.24, 2.45) is 5.14 Å². The van der Waals surface area contributed by atoms with Gasteiger partial charge in [0.15, 0.2) is 0 Å². The van der Waals surface area contributed by atoms with E-state index in [0.29, 0.717) is 21.3 Å². The second kappa shape index (κ2) is 7.69. The van der Waals surface area contributed by atoms with Crippen molar-refractivity contribution in [3.05, 3.63) is 70.8 Å². The summed E-state index contributed by atoms with van der Waals surface area (Å²) in [7, 11) is -7.90. The average Bonchev–Trinajstić information content (AvgIpc) is 2.61. The van der Waals surface area contributed by atoms with Crippen LogP contribution in [0.15, 0.2) is 70.6 Å². The number of sulfonamides is 2. The second-order valence-corrected chi connectivity index (χ2v) is 9.77. The van der Waals surface area contributed by atoms with Crippen molar-refractivity contribution in [2.45, 2.75) is 9.79 Å². The molecule has 11 heteroatoms. The highest BCUT2D eigenvalue weighted by atomic mass is 35.5. The maximum Gasteiger partial charge on any atom is 0.261 e. The van der Waals surface area contributed by atoms with Gasteiger partial charge in [-0.3, -0.25) is 9.71 Å². The first-order chi connectivity index (χ1) is 13.1. The number of aromatic nitrogens is 1. The Morgan fingerprint density at radius 1 is 0.893 bits per heavy atom. The highest BCUT2D eigenvalue weighted by molar-refractivity contribution is 7.92. The monoisotopic (exact) mass is 457 g/mol. The van der Waals surface area contributed by atoms with Crippen LogP contribution in [-0.4, -0.2) is 21.8 Å². The van der Waals surface area contributed by atoms with Gasteiger partial charge in [0, 0.05) is 11.8 Å². The van der Waals surface area contributed by atoms with Gasteiger partial charge < -0.3 is 0 Å². The zero-order valence-corrected chi connectivity index (χ0v) is 17.1. The second-order valence-electron chi connectivity index (χ2n) is 5.69. The van der Waals surface area contributed by atoms with Crippen LogP contribution >= 0.6 is 23.2 Å². The Kier molecular flexibility index (Phi) is 5.64. The van der Waals surface area contributed by atoms with E-state index in [9.17, 15) is 16.8 Å². The Hall–Kier alpha value is -2.17. The Labute approximate surface area is 172 Å². The number of nitrogens with one attached hydrogen (secondary N) is 1. The fraction of sp³-hybridized carbons (Fsp3) is 0. The first-order valence-electron chi connectivity index (χ1n) is 7.63. The van der Waals surface area contributed by atoms with Gasteiger partial charge in [-0.2, -0.15) is 0 Å². The zero-order valence-electron chi connectivity index (χ0n) is 14.0. The van der Waals surface area contributed by atoms with Crippen molar-refractivity contribution in [3.63, 3.8) is 0 Å². The summed E-state index contributed by atoms with van der Waals surface area (Å²) in [4.78, 5) is 3.91. The number of hydrogen-bond donors (Lipinski definition) is 2. The molecule has 3 rings (SSSR count). The van der Waals surface area contributed by atoms with Crippen LogP contribution in [0.2, 0.25) is 10.0 Å². The van der Waals surface area contributed by atoms with Gasteiger partial charge in [-0.05, 0) is 36.4 Å². The topological polar surface area (TPSA) is 119 Å². The zero-order chi connectivity index (χ0) is 20.5. The lowest BCUT2D eigenvalue weighted by Gasteiger charge is -2.10. The number of anilines is 1. The van der Waals surface area contributed by atoms with E-state index in [1.807, 2.05) is 0 Å². The van der Waals surface area contributed by atoms with Crippen LogP contribution in [0.5, 0.6) is 0 Å². The molecular weight excluding hydrogens is 445 g/mol. The molecule has 1 heterocycles. The Balaban J connectivity index is 1.89. The molecule has 146 valence electrons. The fourth-order valence-corrected chi connectivity index (χ4v) is 4.47. The summed E-state index contributed by atoms with van der Waals surface area (Å²) in [5.41, 5.74) is 1.14. The van der Waals surface area contributed by atoms with Crippen molar-refractivity contribution in [3.8, 4) is 11.3 Å². The highest BCUT2D eigenvalue weighted by Crippen LogP contribution is 2.29. The molecule has 0 radical (unpaired) electrons. The van der Waals surface area contributed by atoms with Gasteiger partial charge in [0.05, 0.1) is 31.2 Å². The summed E-state index contributed by atoms with van der Waals surface area (Å²) in [6, 6.07) is 12.6. The molecule has 0 saturated heterocycles. The number of nitrogens with two attached hydrogens (primary N) is 1. The molecule has 3 N–H and O–H groups in total. The summed E-state index contributed by atoms with van der Waals surface area (Å²) in [6.07, 6.45) is 1.44. The van der Waals surface area contributed by atoms with Gasteiger partial charge in [-0.1, -0.05) is 41.4 Å². The third-order valence-corrected chi connectivity index (χ3v) is 6.46. The molecule has 3 aromatic rings. The Bertz CT molecular complexity index is 1250. The van der Waals surface area contributed by atoms with Crippen LogP contribution in [0.4, 0.5) is 5.69 Å². The number of nitrogens with zero attached hydrogens (tertiary/aromatic N) is 1. The van der Waals surface area contributed by atoms with Gasteiger partial charge in [-0.15, -0.1) is 0 Å².